The number of hydrogen-bond donors (Lipinski definition) is 2. The van der Waals surface area contributed by atoms with Crippen LogP contribution in [0, 0.1) is 0 Å². The Bertz CT molecular complexity index is 352. The molecule has 1 rings (SSSR count). The largest absolute Gasteiger partial charge is 0.480 e. The summed E-state index contributed by atoms with van der Waals surface area (Å²) in [4.78, 5) is 18.9. The number of aromatic nitrogens is 2. The van der Waals surface area contributed by atoms with E-state index in [1.54, 1.807) is 19.2 Å². The van der Waals surface area contributed by atoms with Crippen molar-refractivity contribution in [3.63, 3.8) is 0 Å². The molecule has 0 bridgehead atoms. The number of carbonyl (C=O) groups is 1. The molecule has 5 heteroatoms. The second-order valence-electron chi connectivity index (χ2n) is 3.66. The third-order valence-corrected chi connectivity index (χ3v) is 1.93. The van der Waals surface area contributed by atoms with Gasteiger partial charge >= 0.3 is 5.97 Å². The number of rotatable bonds is 4. The Morgan fingerprint density at radius 3 is 2.67 bits per heavy atom. The highest BCUT2D eigenvalue weighted by molar-refractivity contribution is 5.76. The van der Waals surface area contributed by atoms with E-state index in [-0.39, 0.29) is 5.92 Å². The van der Waals surface area contributed by atoms with E-state index >= 15 is 0 Å². The first kappa shape index (κ1) is 11.4. The highest BCUT2D eigenvalue weighted by Crippen LogP contribution is 2.11. The standard InChI is InChI=1S/C10H15N3O2/c1-6(2)9-11-5-4-8(13-9)12-7(3)10(14)15/h4-7H,1-3H3,(H,14,15)(H,11,12,13). The SMILES string of the molecule is CC(Nc1ccnc(C(C)C)n1)C(=O)O. The van der Waals surface area contributed by atoms with Gasteiger partial charge < -0.3 is 10.4 Å². The first-order valence-electron chi connectivity index (χ1n) is 4.83. The van der Waals surface area contributed by atoms with E-state index < -0.39 is 12.0 Å². The minimum Gasteiger partial charge on any atom is -0.480 e. The Morgan fingerprint density at radius 2 is 2.13 bits per heavy atom. The average molecular weight is 209 g/mol. The van der Waals surface area contributed by atoms with Gasteiger partial charge in [-0.25, -0.2) is 9.97 Å². The lowest BCUT2D eigenvalue weighted by Crippen LogP contribution is -2.26. The van der Waals surface area contributed by atoms with Crippen LogP contribution < -0.4 is 5.32 Å². The summed E-state index contributed by atoms with van der Waals surface area (Å²) in [7, 11) is 0. The lowest BCUT2D eigenvalue weighted by Gasteiger charge is -2.11. The molecule has 0 fully saturated rings. The van der Waals surface area contributed by atoms with Crippen LogP contribution in [0.25, 0.3) is 0 Å². The molecule has 0 radical (unpaired) electrons. The zero-order valence-electron chi connectivity index (χ0n) is 9.06. The van der Waals surface area contributed by atoms with E-state index in [1.807, 2.05) is 13.8 Å². The normalized spacial score (nSPS) is 12.5. The Balaban J connectivity index is 2.78. The van der Waals surface area contributed by atoms with Crippen LogP contribution in [-0.4, -0.2) is 27.1 Å². The molecule has 1 heterocycles. The van der Waals surface area contributed by atoms with E-state index in [9.17, 15) is 4.79 Å². The molecule has 0 amide bonds. The smallest absolute Gasteiger partial charge is 0.325 e. The van der Waals surface area contributed by atoms with Gasteiger partial charge in [-0.05, 0) is 13.0 Å². The Labute approximate surface area is 88.6 Å². The van der Waals surface area contributed by atoms with E-state index in [2.05, 4.69) is 15.3 Å². The van der Waals surface area contributed by atoms with Gasteiger partial charge in [0.15, 0.2) is 0 Å². The molecule has 82 valence electrons. The Hall–Kier alpha value is -1.65. The molecule has 1 atom stereocenters. The summed E-state index contributed by atoms with van der Waals surface area (Å²) in [5, 5.41) is 11.5. The van der Waals surface area contributed by atoms with Crippen molar-refractivity contribution in [1.82, 2.24) is 9.97 Å². The predicted molar refractivity (Wildman–Crippen MR) is 56.8 cm³/mol. The van der Waals surface area contributed by atoms with Gasteiger partial charge in [-0.3, -0.25) is 4.79 Å². The summed E-state index contributed by atoms with van der Waals surface area (Å²) >= 11 is 0. The molecule has 0 aliphatic rings. The molecule has 2 N–H and O–H groups in total. The van der Waals surface area contributed by atoms with E-state index in [4.69, 9.17) is 5.11 Å². The highest BCUT2D eigenvalue weighted by Gasteiger charge is 2.11. The average Bonchev–Trinajstić information content (AvgIpc) is 2.18. The van der Waals surface area contributed by atoms with Crippen molar-refractivity contribution in [2.45, 2.75) is 32.7 Å². The van der Waals surface area contributed by atoms with Crippen molar-refractivity contribution in [1.29, 1.82) is 0 Å². The number of nitrogens with one attached hydrogen (secondary N) is 1. The number of aliphatic carboxylic acids is 1. The van der Waals surface area contributed by atoms with Crippen molar-refractivity contribution in [2.75, 3.05) is 5.32 Å². The van der Waals surface area contributed by atoms with Crippen LogP contribution in [0.15, 0.2) is 12.3 Å². The third kappa shape index (κ3) is 3.19. The number of nitrogens with zero attached hydrogens (tertiary/aromatic N) is 2. The predicted octanol–water partition coefficient (Wildman–Crippen LogP) is 1.48. The van der Waals surface area contributed by atoms with Crippen molar-refractivity contribution in [2.24, 2.45) is 0 Å². The summed E-state index contributed by atoms with van der Waals surface area (Å²) < 4.78 is 0. The van der Waals surface area contributed by atoms with Crippen molar-refractivity contribution in [3.05, 3.63) is 18.1 Å². The molecule has 0 aliphatic carbocycles. The minimum atomic E-state index is -0.903. The molecular formula is C10H15N3O2. The summed E-state index contributed by atoms with van der Waals surface area (Å²) in [5.74, 6) is 0.577. The fourth-order valence-corrected chi connectivity index (χ4v) is 1.02. The fourth-order valence-electron chi connectivity index (χ4n) is 1.02. The highest BCUT2D eigenvalue weighted by atomic mass is 16.4. The zero-order valence-corrected chi connectivity index (χ0v) is 9.06. The quantitative estimate of drug-likeness (QED) is 0.785. The van der Waals surface area contributed by atoms with Crippen molar-refractivity contribution in [3.8, 4) is 0 Å². The number of anilines is 1. The van der Waals surface area contributed by atoms with Crippen LogP contribution >= 0.6 is 0 Å². The molecule has 0 saturated carbocycles. The zero-order chi connectivity index (χ0) is 11.4. The second kappa shape index (κ2) is 4.72. The van der Waals surface area contributed by atoms with Crippen molar-refractivity contribution < 1.29 is 9.90 Å². The summed E-state index contributed by atoms with van der Waals surface area (Å²) in [5.41, 5.74) is 0. The second-order valence-corrected chi connectivity index (χ2v) is 3.66. The molecule has 1 aromatic rings. The van der Waals surface area contributed by atoms with E-state index in [1.165, 1.54) is 0 Å². The molecular weight excluding hydrogens is 194 g/mol. The van der Waals surface area contributed by atoms with E-state index in [0.717, 1.165) is 0 Å². The lowest BCUT2D eigenvalue weighted by molar-refractivity contribution is -0.137. The van der Waals surface area contributed by atoms with Gasteiger partial charge in [0, 0.05) is 12.1 Å². The molecule has 0 saturated heterocycles. The summed E-state index contributed by atoms with van der Waals surface area (Å²) in [6, 6.07) is 1.01. The van der Waals surface area contributed by atoms with Gasteiger partial charge in [0.1, 0.15) is 17.7 Å². The van der Waals surface area contributed by atoms with Gasteiger partial charge in [0.25, 0.3) is 0 Å². The van der Waals surface area contributed by atoms with Crippen LogP contribution in [0.2, 0.25) is 0 Å². The molecule has 1 aromatic heterocycles. The topological polar surface area (TPSA) is 75.1 Å². The first-order chi connectivity index (χ1) is 7.00. The Morgan fingerprint density at radius 1 is 1.47 bits per heavy atom. The minimum absolute atomic E-state index is 0.229. The fraction of sp³-hybridized carbons (Fsp3) is 0.500. The number of carboxylic acids is 1. The van der Waals surface area contributed by atoms with Gasteiger partial charge in [-0.1, -0.05) is 13.8 Å². The lowest BCUT2D eigenvalue weighted by atomic mass is 10.2. The van der Waals surface area contributed by atoms with Crippen LogP contribution in [0.5, 0.6) is 0 Å². The first-order valence-corrected chi connectivity index (χ1v) is 4.83. The molecule has 15 heavy (non-hydrogen) atoms. The van der Waals surface area contributed by atoms with Gasteiger partial charge in [-0.15, -0.1) is 0 Å². The summed E-state index contributed by atoms with van der Waals surface area (Å²) in [6.45, 7) is 5.54. The molecule has 1 unspecified atom stereocenters. The summed E-state index contributed by atoms with van der Waals surface area (Å²) in [6.07, 6.45) is 1.62. The van der Waals surface area contributed by atoms with Crippen LogP contribution in [0.3, 0.4) is 0 Å². The Kier molecular flexibility index (Phi) is 3.60. The molecule has 5 nitrogen and oxygen atoms in total. The van der Waals surface area contributed by atoms with Gasteiger partial charge in [0.05, 0.1) is 0 Å². The third-order valence-electron chi connectivity index (χ3n) is 1.93. The van der Waals surface area contributed by atoms with Crippen LogP contribution in [0.1, 0.15) is 32.5 Å². The number of hydrogen-bond acceptors (Lipinski definition) is 4. The maximum absolute atomic E-state index is 10.6. The molecule has 0 spiro atoms. The molecule has 0 aliphatic heterocycles. The number of carboxylic acid groups (broad SMARTS) is 1. The maximum atomic E-state index is 10.6. The van der Waals surface area contributed by atoms with Gasteiger partial charge in [0.2, 0.25) is 0 Å². The molecule has 0 aromatic carbocycles. The van der Waals surface area contributed by atoms with Crippen molar-refractivity contribution >= 4 is 11.8 Å². The van der Waals surface area contributed by atoms with E-state index in [0.29, 0.717) is 11.6 Å². The maximum Gasteiger partial charge on any atom is 0.325 e. The van der Waals surface area contributed by atoms with Crippen LogP contribution in [-0.2, 0) is 4.79 Å². The monoisotopic (exact) mass is 209 g/mol. The van der Waals surface area contributed by atoms with Crippen LogP contribution in [0.4, 0.5) is 5.82 Å². The van der Waals surface area contributed by atoms with Gasteiger partial charge in [-0.2, -0.15) is 0 Å².